The number of aryl methyl sites for hydroxylation is 1. The van der Waals surface area contributed by atoms with Crippen molar-refractivity contribution in [3.8, 4) is 0 Å². The van der Waals surface area contributed by atoms with Crippen molar-refractivity contribution in [3.05, 3.63) is 105 Å². The molecule has 1 aliphatic heterocycles. The van der Waals surface area contributed by atoms with Crippen molar-refractivity contribution in [1.29, 1.82) is 0 Å². The highest BCUT2D eigenvalue weighted by Crippen LogP contribution is 2.38. The van der Waals surface area contributed by atoms with E-state index < -0.39 is 24.2 Å². The van der Waals surface area contributed by atoms with Crippen LogP contribution in [-0.4, -0.2) is 18.1 Å². The number of alkyl halides is 3. The standard InChI is InChI=1S/C30H25F3N2O5/c1-16-12-22(17(2)34-24-11-7-6-10-21(24)28(37)40-29(38)30(31,32)33)27-23(13-16)25(36)14-26(39-27)35-15-19-8-4-5-9-20(19)18(35)3/h4-14,17-18,34H,15H2,1-3H3/t17?,18-/m1/s1. The van der Waals surface area contributed by atoms with Crippen molar-refractivity contribution in [2.75, 3.05) is 10.2 Å². The molecule has 10 heteroatoms. The van der Waals surface area contributed by atoms with Crippen LogP contribution in [0.15, 0.2) is 75.9 Å². The molecule has 2 heterocycles. The number of anilines is 2. The summed E-state index contributed by atoms with van der Waals surface area (Å²) in [6, 6.07) is 18.2. The van der Waals surface area contributed by atoms with Gasteiger partial charge in [-0.15, -0.1) is 0 Å². The third-order valence-electron chi connectivity index (χ3n) is 6.99. The fourth-order valence-corrected chi connectivity index (χ4v) is 5.02. The van der Waals surface area contributed by atoms with Gasteiger partial charge >= 0.3 is 18.1 Å². The van der Waals surface area contributed by atoms with E-state index in [9.17, 15) is 27.6 Å². The average molecular weight is 551 g/mol. The third kappa shape index (κ3) is 5.04. The highest BCUT2D eigenvalue weighted by atomic mass is 19.4. The van der Waals surface area contributed by atoms with Crippen LogP contribution in [0, 0.1) is 6.92 Å². The molecule has 0 radical (unpaired) electrons. The van der Waals surface area contributed by atoms with E-state index in [4.69, 9.17) is 4.42 Å². The molecule has 0 saturated carbocycles. The van der Waals surface area contributed by atoms with E-state index >= 15 is 0 Å². The number of ether oxygens (including phenoxy) is 1. The molecule has 0 bridgehead atoms. The monoisotopic (exact) mass is 550 g/mol. The number of para-hydroxylation sites is 1. The number of nitrogens with zero attached hydrogens (tertiary/aromatic N) is 1. The van der Waals surface area contributed by atoms with Crippen LogP contribution in [0.4, 0.5) is 24.7 Å². The summed E-state index contributed by atoms with van der Waals surface area (Å²) >= 11 is 0. The number of esters is 2. The summed E-state index contributed by atoms with van der Waals surface area (Å²) in [6.07, 6.45) is -5.31. The fourth-order valence-electron chi connectivity index (χ4n) is 5.02. The maximum Gasteiger partial charge on any atom is 0.491 e. The van der Waals surface area contributed by atoms with Gasteiger partial charge in [0.15, 0.2) is 5.43 Å². The lowest BCUT2D eigenvalue weighted by Gasteiger charge is -2.24. The van der Waals surface area contributed by atoms with Crippen molar-refractivity contribution in [2.45, 2.75) is 45.6 Å². The van der Waals surface area contributed by atoms with Crippen molar-refractivity contribution in [1.82, 2.24) is 0 Å². The normalized spacial score (nSPS) is 15.6. The van der Waals surface area contributed by atoms with Gasteiger partial charge in [-0.3, -0.25) is 4.79 Å². The molecule has 5 rings (SSSR count). The molecule has 0 fully saturated rings. The first-order valence-electron chi connectivity index (χ1n) is 12.6. The molecule has 2 atom stereocenters. The molecule has 7 nitrogen and oxygen atoms in total. The summed E-state index contributed by atoms with van der Waals surface area (Å²) < 4.78 is 48.3. The summed E-state index contributed by atoms with van der Waals surface area (Å²) in [5.41, 5.74) is 3.71. The van der Waals surface area contributed by atoms with Crippen molar-refractivity contribution < 1.29 is 31.9 Å². The molecular weight excluding hydrogens is 525 g/mol. The molecule has 3 aromatic carbocycles. The third-order valence-corrected chi connectivity index (χ3v) is 6.99. The Morgan fingerprint density at radius 1 is 1.07 bits per heavy atom. The Morgan fingerprint density at radius 3 is 2.50 bits per heavy atom. The summed E-state index contributed by atoms with van der Waals surface area (Å²) in [5, 5.41) is 3.48. The van der Waals surface area contributed by atoms with Crippen molar-refractivity contribution >= 4 is 34.5 Å². The average Bonchev–Trinajstić information content (AvgIpc) is 3.24. The number of hydrogen-bond donors (Lipinski definition) is 1. The second-order valence-corrected chi connectivity index (χ2v) is 9.77. The van der Waals surface area contributed by atoms with Crippen LogP contribution in [0.25, 0.3) is 11.0 Å². The van der Waals surface area contributed by atoms with Crippen LogP contribution in [-0.2, 0) is 16.1 Å². The molecule has 0 spiro atoms. The van der Waals surface area contributed by atoms with Gasteiger partial charge < -0.3 is 19.4 Å². The van der Waals surface area contributed by atoms with Crippen LogP contribution in [0.1, 0.15) is 58.5 Å². The minimum absolute atomic E-state index is 0.0152. The number of fused-ring (bicyclic) bond motifs is 2. The first-order chi connectivity index (χ1) is 18.9. The molecule has 1 aromatic heterocycles. The Bertz CT molecular complexity index is 1700. The molecule has 1 aliphatic rings. The number of carbonyl (C=O) groups excluding carboxylic acids is 2. The largest absolute Gasteiger partial charge is 0.491 e. The number of halogens is 3. The fraction of sp³-hybridized carbons (Fsp3) is 0.233. The van der Waals surface area contributed by atoms with Gasteiger partial charge in [-0.05, 0) is 55.7 Å². The van der Waals surface area contributed by atoms with E-state index in [-0.39, 0.29) is 22.7 Å². The topological polar surface area (TPSA) is 88.8 Å². The highest BCUT2D eigenvalue weighted by Gasteiger charge is 2.42. The Labute approximate surface area is 227 Å². The molecular formula is C30H25F3N2O5. The van der Waals surface area contributed by atoms with Gasteiger partial charge in [0.05, 0.1) is 23.0 Å². The van der Waals surface area contributed by atoms with Crippen molar-refractivity contribution in [2.24, 2.45) is 0 Å². The quantitative estimate of drug-likeness (QED) is 0.221. The second kappa shape index (κ2) is 10.2. The van der Waals surface area contributed by atoms with Crippen LogP contribution in [0.2, 0.25) is 0 Å². The minimum Gasteiger partial charge on any atom is -0.440 e. The number of nitrogens with one attached hydrogen (secondary N) is 1. The van der Waals surface area contributed by atoms with Crippen LogP contribution in [0.5, 0.6) is 0 Å². The zero-order chi connectivity index (χ0) is 28.8. The second-order valence-electron chi connectivity index (χ2n) is 9.77. The number of hydrogen-bond acceptors (Lipinski definition) is 7. The molecule has 40 heavy (non-hydrogen) atoms. The number of benzene rings is 3. The summed E-state index contributed by atoms with van der Waals surface area (Å²) in [5.74, 6) is -3.63. The maximum atomic E-state index is 13.3. The lowest BCUT2D eigenvalue weighted by atomic mass is 10.0. The lowest BCUT2D eigenvalue weighted by molar-refractivity contribution is -0.193. The van der Waals surface area contributed by atoms with Gasteiger partial charge in [-0.1, -0.05) is 42.5 Å². The maximum absolute atomic E-state index is 13.3. The Balaban J connectivity index is 1.50. The van der Waals surface area contributed by atoms with E-state index in [1.165, 1.54) is 24.3 Å². The first kappa shape index (κ1) is 27.0. The van der Waals surface area contributed by atoms with Gasteiger partial charge in [0, 0.05) is 23.9 Å². The van der Waals surface area contributed by atoms with Gasteiger partial charge in [0.25, 0.3) is 0 Å². The summed E-state index contributed by atoms with van der Waals surface area (Å²) in [4.78, 5) is 38.9. The van der Waals surface area contributed by atoms with E-state index in [1.54, 1.807) is 19.1 Å². The van der Waals surface area contributed by atoms with E-state index in [0.717, 1.165) is 16.7 Å². The van der Waals surface area contributed by atoms with Gasteiger partial charge in [0.1, 0.15) is 5.58 Å². The molecule has 0 aliphatic carbocycles. The molecule has 206 valence electrons. The SMILES string of the molecule is Cc1cc(C(C)Nc2ccccc2C(=O)OC(=O)C(F)(F)F)c2oc(N3Cc4ccccc4[C@H]3C)cc(=O)c2c1. The molecule has 1 unspecified atom stereocenters. The van der Waals surface area contributed by atoms with E-state index in [1.807, 2.05) is 49.1 Å². The van der Waals surface area contributed by atoms with Crippen LogP contribution < -0.4 is 15.6 Å². The predicted molar refractivity (Wildman–Crippen MR) is 143 cm³/mol. The Hall–Kier alpha value is -4.60. The smallest absolute Gasteiger partial charge is 0.440 e. The number of carbonyl (C=O) groups is 2. The first-order valence-corrected chi connectivity index (χ1v) is 12.6. The Morgan fingerprint density at radius 2 is 1.77 bits per heavy atom. The summed E-state index contributed by atoms with van der Waals surface area (Å²) in [6.45, 7) is 6.21. The minimum atomic E-state index is -5.31. The Kier molecular flexibility index (Phi) is 6.87. The van der Waals surface area contributed by atoms with Crippen molar-refractivity contribution in [3.63, 3.8) is 0 Å². The highest BCUT2D eigenvalue weighted by molar-refractivity contribution is 6.02. The van der Waals surface area contributed by atoms with Gasteiger partial charge in [0.2, 0.25) is 5.88 Å². The lowest BCUT2D eigenvalue weighted by Crippen LogP contribution is -2.28. The molecule has 0 saturated heterocycles. The predicted octanol–water partition coefficient (Wildman–Crippen LogP) is 6.60. The molecule has 1 N–H and O–H groups in total. The van der Waals surface area contributed by atoms with Crippen LogP contribution >= 0.6 is 0 Å². The van der Waals surface area contributed by atoms with Gasteiger partial charge in [-0.2, -0.15) is 13.2 Å². The number of rotatable bonds is 5. The molecule has 4 aromatic rings. The summed E-state index contributed by atoms with van der Waals surface area (Å²) in [7, 11) is 0. The zero-order valence-electron chi connectivity index (χ0n) is 21.8. The van der Waals surface area contributed by atoms with E-state index in [2.05, 4.69) is 10.1 Å². The zero-order valence-corrected chi connectivity index (χ0v) is 21.8. The van der Waals surface area contributed by atoms with Crippen LogP contribution in [0.3, 0.4) is 0 Å². The van der Waals surface area contributed by atoms with E-state index in [0.29, 0.717) is 29.0 Å². The molecule has 0 amide bonds. The van der Waals surface area contributed by atoms with Gasteiger partial charge in [-0.25, -0.2) is 9.59 Å².